The van der Waals surface area contributed by atoms with E-state index in [1.807, 2.05) is 24.3 Å². The Morgan fingerprint density at radius 1 is 1.14 bits per heavy atom. The summed E-state index contributed by atoms with van der Waals surface area (Å²) in [6.45, 7) is -0.0587. The average Bonchev–Trinajstić information content (AvgIpc) is 2.54. The molecule has 4 heteroatoms. The number of pyridine rings is 1. The molecule has 21 heavy (non-hydrogen) atoms. The van der Waals surface area contributed by atoms with Crippen molar-refractivity contribution in [1.29, 1.82) is 0 Å². The number of hydrogen-bond donors (Lipinski definition) is 2. The topological polar surface area (TPSA) is 62.3 Å². The molecule has 0 amide bonds. The first-order chi connectivity index (χ1) is 10.2. The summed E-state index contributed by atoms with van der Waals surface area (Å²) in [5, 5.41) is 9.83. The van der Waals surface area contributed by atoms with Gasteiger partial charge in [-0.2, -0.15) is 0 Å². The lowest BCUT2D eigenvalue weighted by Gasteiger charge is -2.09. The Hall–Kier alpha value is -2.59. The summed E-state index contributed by atoms with van der Waals surface area (Å²) in [4.78, 5) is 15.5. The molecule has 2 N–H and O–H groups in total. The zero-order valence-electron chi connectivity index (χ0n) is 11.6. The fourth-order valence-corrected chi connectivity index (χ4v) is 2.41. The molecule has 0 unspecified atom stereocenters. The molecule has 106 valence electrons. The van der Waals surface area contributed by atoms with Gasteiger partial charge in [0, 0.05) is 17.0 Å². The number of fused-ring (bicyclic) bond motifs is 1. The first kappa shape index (κ1) is 13.4. The quantitative estimate of drug-likeness (QED) is 0.776. The van der Waals surface area contributed by atoms with Gasteiger partial charge < -0.3 is 14.8 Å². The number of rotatable bonds is 3. The Kier molecular flexibility index (Phi) is 3.46. The van der Waals surface area contributed by atoms with Crippen molar-refractivity contribution in [3.63, 3.8) is 0 Å². The van der Waals surface area contributed by atoms with Gasteiger partial charge in [0.2, 0.25) is 0 Å². The van der Waals surface area contributed by atoms with Gasteiger partial charge >= 0.3 is 0 Å². The molecule has 2 aromatic carbocycles. The van der Waals surface area contributed by atoms with Crippen molar-refractivity contribution in [3.8, 4) is 17.0 Å². The molecule has 1 aromatic heterocycles. The van der Waals surface area contributed by atoms with Crippen molar-refractivity contribution in [1.82, 2.24) is 4.98 Å². The minimum absolute atomic E-state index is 0.0587. The highest BCUT2D eigenvalue weighted by atomic mass is 16.5. The predicted octanol–water partition coefficient (Wildman–Crippen LogP) is 2.70. The van der Waals surface area contributed by atoms with E-state index in [0.717, 1.165) is 11.1 Å². The maximum atomic E-state index is 12.2. The van der Waals surface area contributed by atoms with Crippen LogP contribution in [0.5, 0.6) is 5.75 Å². The van der Waals surface area contributed by atoms with E-state index in [1.165, 1.54) is 0 Å². The van der Waals surface area contributed by atoms with Gasteiger partial charge in [0.05, 0.1) is 24.9 Å². The minimum Gasteiger partial charge on any atom is -0.496 e. The molecule has 1 heterocycles. The zero-order chi connectivity index (χ0) is 14.8. The fraction of sp³-hybridized carbons (Fsp3) is 0.118. The lowest BCUT2D eigenvalue weighted by Crippen LogP contribution is -2.04. The molecule has 0 radical (unpaired) electrons. The van der Waals surface area contributed by atoms with E-state index in [9.17, 15) is 9.90 Å². The molecule has 4 nitrogen and oxygen atoms in total. The van der Waals surface area contributed by atoms with Crippen LogP contribution in [0.2, 0.25) is 0 Å². The van der Waals surface area contributed by atoms with E-state index in [1.54, 1.807) is 31.4 Å². The largest absolute Gasteiger partial charge is 0.496 e. The monoisotopic (exact) mass is 281 g/mol. The molecule has 0 saturated heterocycles. The summed E-state index contributed by atoms with van der Waals surface area (Å²) in [7, 11) is 1.60. The molecule has 0 atom stereocenters. The smallest absolute Gasteiger partial charge is 0.190 e. The summed E-state index contributed by atoms with van der Waals surface area (Å²) in [6.07, 6.45) is 0. The molecule has 0 aliphatic rings. The molecule has 3 rings (SSSR count). The number of aromatic amines is 1. The van der Waals surface area contributed by atoms with Gasteiger partial charge in [-0.15, -0.1) is 0 Å². The third kappa shape index (κ3) is 2.41. The Labute approximate surface area is 121 Å². The van der Waals surface area contributed by atoms with Crippen molar-refractivity contribution >= 4 is 10.9 Å². The number of hydrogen-bond acceptors (Lipinski definition) is 3. The zero-order valence-corrected chi connectivity index (χ0v) is 11.6. The van der Waals surface area contributed by atoms with Crippen LogP contribution in [0.3, 0.4) is 0 Å². The van der Waals surface area contributed by atoms with Gasteiger partial charge in [-0.25, -0.2) is 0 Å². The van der Waals surface area contributed by atoms with Gasteiger partial charge in [0.25, 0.3) is 0 Å². The van der Waals surface area contributed by atoms with Crippen molar-refractivity contribution < 1.29 is 9.84 Å². The number of aliphatic hydroxyl groups is 1. The first-order valence-electron chi connectivity index (χ1n) is 6.63. The van der Waals surface area contributed by atoms with Crippen molar-refractivity contribution in [2.45, 2.75) is 6.61 Å². The highest BCUT2D eigenvalue weighted by molar-refractivity contribution is 5.83. The number of aromatic nitrogens is 1. The van der Waals surface area contributed by atoms with Crippen LogP contribution >= 0.6 is 0 Å². The second-order valence-corrected chi connectivity index (χ2v) is 4.79. The van der Waals surface area contributed by atoms with Crippen LogP contribution in [0, 0.1) is 0 Å². The summed E-state index contributed by atoms with van der Waals surface area (Å²) in [5.41, 5.74) is 2.92. The van der Waals surface area contributed by atoms with Crippen LogP contribution in [0.25, 0.3) is 22.2 Å². The Morgan fingerprint density at radius 2 is 1.95 bits per heavy atom. The standard InChI is InChI=1S/C17H15NO3/c1-21-17-5-3-2-4-13(17)15-9-16(20)12-7-6-11(10-19)8-14(12)18-15/h2-9,19H,10H2,1H3,(H,18,20). The van der Waals surface area contributed by atoms with E-state index in [0.29, 0.717) is 22.3 Å². The molecule has 0 aliphatic heterocycles. The van der Waals surface area contributed by atoms with E-state index < -0.39 is 0 Å². The fourth-order valence-electron chi connectivity index (χ4n) is 2.41. The third-order valence-corrected chi connectivity index (χ3v) is 3.47. The number of para-hydroxylation sites is 1. The maximum absolute atomic E-state index is 12.2. The molecule has 0 spiro atoms. The molecular formula is C17H15NO3. The highest BCUT2D eigenvalue weighted by Gasteiger charge is 2.09. The third-order valence-electron chi connectivity index (χ3n) is 3.47. The number of H-pyrrole nitrogens is 1. The van der Waals surface area contributed by atoms with Crippen LogP contribution in [0.4, 0.5) is 0 Å². The number of benzene rings is 2. The summed E-state index contributed by atoms with van der Waals surface area (Å²) in [6, 6.07) is 14.4. The second kappa shape index (κ2) is 5.42. The second-order valence-electron chi connectivity index (χ2n) is 4.79. The molecule has 3 aromatic rings. The van der Waals surface area contributed by atoms with Gasteiger partial charge in [0.1, 0.15) is 5.75 Å². The maximum Gasteiger partial charge on any atom is 0.190 e. The number of aliphatic hydroxyl groups excluding tert-OH is 1. The summed E-state index contributed by atoms with van der Waals surface area (Å²) >= 11 is 0. The van der Waals surface area contributed by atoms with Crippen LogP contribution in [0.1, 0.15) is 5.56 Å². The SMILES string of the molecule is COc1ccccc1-c1cc(=O)c2ccc(CO)cc2[nH]1. The minimum atomic E-state index is -0.0610. The molecule has 0 aliphatic carbocycles. The van der Waals surface area contributed by atoms with Gasteiger partial charge in [-0.05, 0) is 29.8 Å². The van der Waals surface area contributed by atoms with E-state index in [2.05, 4.69) is 4.98 Å². The molecular weight excluding hydrogens is 266 g/mol. The van der Waals surface area contributed by atoms with Crippen molar-refractivity contribution in [2.75, 3.05) is 7.11 Å². The van der Waals surface area contributed by atoms with E-state index in [4.69, 9.17) is 4.74 Å². The Bertz CT molecular complexity index is 852. The first-order valence-corrected chi connectivity index (χ1v) is 6.63. The van der Waals surface area contributed by atoms with Gasteiger partial charge in [-0.1, -0.05) is 18.2 Å². The number of nitrogens with one attached hydrogen (secondary N) is 1. The van der Waals surface area contributed by atoms with E-state index >= 15 is 0 Å². The predicted molar refractivity (Wildman–Crippen MR) is 82.5 cm³/mol. The Morgan fingerprint density at radius 3 is 2.71 bits per heavy atom. The summed E-state index contributed by atoms with van der Waals surface area (Å²) in [5.74, 6) is 0.700. The highest BCUT2D eigenvalue weighted by Crippen LogP contribution is 2.28. The number of ether oxygens (including phenoxy) is 1. The molecule has 0 fully saturated rings. The van der Waals surface area contributed by atoms with Crippen LogP contribution in [-0.4, -0.2) is 17.2 Å². The van der Waals surface area contributed by atoms with Crippen molar-refractivity contribution in [2.24, 2.45) is 0 Å². The average molecular weight is 281 g/mol. The molecule has 0 bridgehead atoms. The Balaban J connectivity index is 2.26. The van der Waals surface area contributed by atoms with E-state index in [-0.39, 0.29) is 12.0 Å². The molecule has 0 saturated carbocycles. The lowest BCUT2D eigenvalue weighted by molar-refractivity contribution is 0.282. The van der Waals surface area contributed by atoms with Crippen LogP contribution in [0.15, 0.2) is 53.3 Å². The number of methoxy groups -OCH3 is 1. The van der Waals surface area contributed by atoms with Crippen LogP contribution < -0.4 is 10.2 Å². The van der Waals surface area contributed by atoms with Gasteiger partial charge in [0.15, 0.2) is 5.43 Å². The van der Waals surface area contributed by atoms with Crippen molar-refractivity contribution in [3.05, 3.63) is 64.3 Å². The normalized spacial score (nSPS) is 10.8. The van der Waals surface area contributed by atoms with Gasteiger partial charge in [-0.3, -0.25) is 4.79 Å². The van der Waals surface area contributed by atoms with Crippen LogP contribution in [-0.2, 0) is 6.61 Å². The lowest BCUT2D eigenvalue weighted by atomic mass is 10.1. The summed E-state index contributed by atoms with van der Waals surface area (Å²) < 4.78 is 5.33.